The van der Waals surface area contributed by atoms with E-state index in [4.69, 9.17) is 18.9 Å². The summed E-state index contributed by atoms with van der Waals surface area (Å²) >= 11 is 0. The quantitative estimate of drug-likeness (QED) is 0.120. The first-order valence-corrected chi connectivity index (χ1v) is 15.4. The Hall–Kier alpha value is -5.07. The molecule has 2 heterocycles. The number of nitrogens with zero attached hydrogens (tertiary/aromatic N) is 1. The predicted octanol–water partition coefficient (Wildman–Crippen LogP) is 9.32. The molecule has 0 aliphatic carbocycles. The van der Waals surface area contributed by atoms with E-state index >= 15 is 0 Å². The molecule has 6 aromatic rings. The van der Waals surface area contributed by atoms with E-state index in [1.807, 2.05) is 60.0 Å². The van der Waals surface area contributed by atoms with Gasteiger partial charge in [0.15, 0.2) is 6.79 Å². The minimum Gasteiger partial charge on any atom is -0.488 e. The minimum atomic E-state index is -0.442. The topological polar surface area (TPSA) is 58.4 Å². The van der Waals surface area contributed by atoms with Crippen molar-refractivity contribution in [3.05, 3.63) is 124 Å². The van der Waals surface area contributed by atoms with E-state index in [2.05, 4.69) is 64.1 Å². The smallest absolute Gasteiger partial charge is 0.355 e. The summed E-state index contributed by atoms with van der Waals surface area (Å²) in [7, 11) is 3.01. The number of esters is 1. The molecule has 0 saturated heterocycles. The molecule has 0 amide bonds. The number of aromatic nitrogens is 1. The highest BCUT2D eigenvalue weighted by atomic mass is 16.7. The fraction of sp³-hybridized carbons (Fsp3) is 0.225. The SMILES string of the molecule is COCOc1cc(OCc2ccccc2)c(C)cc1-c1c(-c2ccc(C)c(C)c2)c2c3cc(C)c(C)cc3ccn2c1C(=O)OC. The van der Waals surface area contributed by atoms with Gasteiger partial charge in [0, 0.05) is 41.4 Å². The van der Waals surface area contributed by atoms with Gasteiger partial charge < -0.3 is 23.3 Å². The maximum atomic E-state index is 13.8. The summed E-state index contributed by atoms with van der Waals surface area (Å²) in [4.78, 5) is 13.8. The first kappa shape index (κ1) is 30.9. The van der Waals surface area contributed by atoms with Crippen LogP contribution in [-0.4, -0.2) is 31.4 Å². The van der Waals surface area contributed by atoms with Gasteiger partial charge in [0.05, 0.1) is 12.6 Å². The van der Waals surface area contributed by atoms with Crippen molar-refractivity contribution >= 4 is 22.3 Å². The van der Waals surface area contributed by atoms with Crippen molar-refractivity contribution in [1.82, 2.24) is 4.40 Å². The van der Waals surface area contributed by atoms with Crippen molar-refractivity contribution in [2.45, 2.75) is 41.2 Å². The summed E-state index contributed by atoms with van der Waals surface area (Å²) in [5, 5.41) is 2.15. The zero-order valence-electron chi connectivity index (χ0n) is 27.5. The van der Waals surface area contributed by atoms with Crippen molar-refractivity contribution in [2.75, 3.05) is 21.0 Å². The van der Waals surface area contributed by atoms with Crippen LogP contribution in [0.1, 0.15) is 43.9 Å². The van der Waals surface area contributed by atoms with Gasteiger partial charge in [-0.1, -0.05) is 54.6 Å². The van der Waals surface area contributed by atoms with Crippen molar-refractivity contribution in [1.29, 1.82) is 0 Å². The molecule has 0 unspecified atom stereocenters. The first-order chi connectivity index (χ1) is 22.2. The Morgan fingerprint density at radius 2 is 1.43 bits per heavy atom. The molecule has 6 nitrogen and oxygen atoms in total. The Labute approximate surface area is 270 Å². The van der Waals surface area contributed by atoms with Gasteiger partial charge in [-0.15, -0.1) is 0 Å². The second-order valence-corrected chi connectivity index (χ2v) is 11.9. The lowest BCUT2D eigenvalue weighted by Gasteiger charge is -2.18. The Morgan fingerprint density at radius 1 is 0.696 bits per heavy atom. The van der Waals surface area contributed by atoms with Gasteiger partial charge >= 0.3 is 5.97 Å². The van der Waals surface area contributed by atoms with E-state index in [0.717, 1.165) is 55.2 Å². The van der Waals surface area contributed by atoms with Crippen LogP contribution < -0.4 is 9.47 Å². The second-order valence-electron chi connectivity index (χ2n) is 11.9. The van der Waals surface area contributed by atoms with Crippen LogP contribution in [0, 0.1) is 34.6 Å². The molecule has 0 saturated carbocycles. The van der Waals surface area contributed by atoms with Crippen LogP contribution in [0.15, 0.2) is 85.1 Å². The molecular weight excluding hydrogens is 574 g/mol. The largest absolute Gasteiger partial charge is 0.488 e. The maximum Gasteiger partial charge on any atom is 0.355 e. The van der Waals surface area contributed by atoms with Gasteiger partial charge in [0.25, 0.3) is 0 Å². The molecule has 0 aliphatic heterocycles. The summed E-state index contributed by atoms with van der Waals surface area (Å²) in [5.74, 6) is 0.785. The Morgan fingerprint density at radius 3 is 2.15 bits per heavy atom. The predicted molar refractivity (Wildman–Crippen MR) is 184 cm³/mol. The van der Waals surface area contributed by atoms with Crippen LogP contribution in [0.3, 0.4) is 0 Å². The highest BCUT2D eigenvalue weighted by molar-refractivity contribution is 6.14. The van der Waals surface area contributed by atoms with E-state index < -0.39 is 5.97 Å². The number of hydrogen-bond acceptors (Lipinski definition) is 5. The number of benzene rings is 4. The van der Waals surface area contributed by atoms with Crippen LogP contribution in [0.25, 0.3) is 38.5 Å². The second kappa shape index (κ2) is 12.7. The Bertz CT molecular complexity index is 2090. The molecule has 0 N–H and O–H groups in total. The molecule has 6 heteroatoms. The fourth-order valence-electron chi connectivity index (χ4n) is 6.07. The molecule has 0 spiro atoms. The molecule has 0 bridgehead atoms. The van der Waals surface area contributed by atoms with E-state index in [9.17, 15) is 4.79 Å². The molecule has 0 aliphatic rings. The third-order valence-electron chi connectivity index (χ3n) is 8.82. The number of methoxy groups -OCH3 is 2. The maximum absolute atomic E-state index is 13.8. The average molecular weight is 614 g/mol. The van der Waals surface area contributed by atoms with Gasteiger partial charge in [0.1, 0.15) is 23.8 Å². The van der Waals surface area contributed by atoms with Crippen molar-refractivity contribution < 1.29 is 23.7 Å². The third-order valence-corrected chi connectivity index (χ3v) is 8.82. The molecule has 4 aromatic carbocycles. The van der Waals surface area contributed by atoms with Gasteiger partial charge in [0.2, 0.25) is 0 Å². The monoisotopic (exact) mass is 613 g/mol. The van der Waals surface area contributed by atoms with Gasteiger partial charge in [-0.2, -0.15) is 0 Å². The summed E-state index contributed by atoms with van der Waals surface area (Å²) in [6.45, 7) is 10.9. The number of rotatable bonds is 9. The highest BCUT2D eigenvalue weighted by Crippen LogP contribution is 2.48. The zero-order chi connectivity index (χ0) is 32.5. The van der Waals surface area contributed by atoms with E-state index in [1.165, 1.54) is 23.8 Å². The van der Waals surface area contributed by atoms with Crippen molar-refractivity contribution in [3.63, 3.8) is 0 Å². The minimum absolute atomic E-state index is 0.0233. The Kier molecular flexibility index (Phi) is 8.57. The number of pyridine rings is 1. The van der Waals surface area contributed by atoms with Crippen molar-refractivity contribution in [2.24, 2.45) is 0 Å². The Balaban J connectivity index is 1.71. The van der Waals surface area contributed by atoms with Crippen LogP contribution in [0.2, 0.25) is 0 Å². The number of ether oxygens (including phenoxy) is 4. The standard InChI is InChI=1S/C40H39NO5/c1-24-13-14-31(18-25(24)2)36-37(39(40(42)44-7)41-16-15-30-17-26(3)27(4)19-32(30)38(36)41)33-20-28(5)34(21-35(33)46-23-43-6)45-22-29-11-9-8-10-12-29/h8-21H,22-23H2,1-7H3. The number of aryl methyl sites for hydroxylation is 5. The molecule has 0 atom stereocenters. The number of carbonyl (C=O) groups is 1. The van der Waals surface area contributed by atoms with Crippen LogP contribution in [0.5, 0.6) is 11.5 Å². The summed E-state index contributed by atoms with van der Waals surface area (Å²) in [5.41, 5.74) is 11.5. The van der Waals surface area contributed by atoms with E-state index in [1.54, 1.807) is 7.11 Å². The lowest BCUT2D eigenvalue weighted by atomic mass is 9.91. The average Bonchev–Trinajstić information content (AvgIpc) is 3.41. The number of fused-ring (bicyclic) bond motifs is 3. The molecular formula is C40H39NO5. The van der Waals surface area contributed by atoms with Crippen molar-refractivity contribution in [3.8, 4) is 33.8 Å². The normalized spacial score (nSPS) is 11.3. The molecule has 234 valence electrons. The number of hydrogen-bond donors (Lipinski definition) is 0. The van der Waals surface area contributed by atoms with Crippen LogP contribution >= 0.6 is 0 Å². The lowest BCUT2D eigenvalue weighted by molar-refractivity contribution is 0.0513. The zero-order valence-corrected chi connectivity index (χ0v) is 27.5. The van der Waals surface area contributed by atoms with Crippen LogP contribution in [0.4, 0.5) is 0 Å². The summed E-state index contributed by atoms with van der Waals surface area (Å²) < 4.78 is 25.3. The fourth-order valence-corrected chi connectivity index (χ4v) is 6.07. The third kappa shape index (κ3) is 5.61. The van der Waals surface area contributed by atoms with Crippen LogP contribution in [-0.2, 0) is 16.1 Å². The molecule has 0 fully saturated rings. The molecule has 2 aromatic heterocycles. The molecule has 6 rings (SSSR count). The molecule has 0 radical (unpaired) electrons. The highest BCUT2D eigenvalue weighted by Gasteiger charge is 2.30. The summed E-state index contributed by atoms with van der Waals surface area (Å²) in [6, 6.07) is 26.9. The lowest BCUT2D eigenvalue weighted by Crippen LogP contribution is -2.08. The first-order valence-electron chi connectivity index (χ1n) is 15.4. The van der Waals surface area contributed by atoms with E-state index in [0.29, 0.717) is 23.8 Å². The number of carbonyl (C=O) groups excluding carboxylic acids is 1. The molecule has 46 heavy (non-hydrogen) atoms. The van der Waals surface area contributed by atoms with Gasteiger partial charge in [-0.3, -0.25) is 0 Å². The van der Waals surface area contributed by atoms with Gasteiger partial charge in [-0.25, -0.2) is 4.79 Å². The van der Waals surface area contributed by atoms with E-state index in [-0.39, 0.29) is 6.79 Å². The summed E-state index contributed by atoms with van der Waals surface area (Å²) in [6.07, 6.45) is 1.96. The van der Waals surface area contributed by atoms with Gasteiger partial charge in [-0.05, 0) is 97.1 Å².